The number of nitrogens with zero attached hydrogens (tertiary/aromatic N) is 1. The van der Waals surface area contributed by atoms with Crippen molar-refractivity contribution in [2.24, 2.45) is 11.5 Å². The van der Waals surface area contributed by atoms with Crippen molar-refractivity contribution in [3.8, 4) is 33.4 Å². The Labute approximate surface area is 406 Å². The van der Waals surface area contributed by atoms with Crippen LogP contribution < -0.4 is 19.9 Å². The zero-order chi connectivity index (χ0) is 47.9. The molecule has 342 valence electrons. The summed E-state index contributed by atoms with van der Waals surface area (Å²) in [5, 5.41) is 15.4. The van der Waals surface area contributed by atoms with Crippen LogP contribution in [0.3, 0.4) is 0 Å². The molecule has 7 N–H and O–H groups in total. The van der Waals surface area contributed by atoms with Crippen LogP contribution in [0, 0.1) is 10.8 Å². The summed E-state index contributed by atoms with van der Waals surface area (Å²) in [5.74, 6) is -0.367. The average molecular weight is 1020 g/mol. The summed E-state index contributed by atoms with van der Waals surface area (Å²) >= 11 is 4.94. The number of nitrogens with one attached hydrogen (secondary N) is 3. The van der Waals surface area contributed by atoms with E-state index in [1.54, 1.807) is 60.9 Å². The molecule has 0 aliphatic rings. The number of thiophene rings is 2. The van der Waals surface area contributed by atoms with Gasteiger partial charge in [-0.05, 0) is 94.4 Å². The lowest BCUT2D eigenvalue weighted by atomic mass is 10.1. The molecular formula is C48H42N6O6S7. The first-order valence-electron chi connectivity index (χ1n) is 19.9. The third-order valence-electron chi connectivity index (χ3n) is 9.95. The molecule has 0 spiro atoms. The van der Waals surface area contributed by atoms with Crippen LogP contribution in [0.2, 0.25) is 0 Å². The maximum absolute atomic E-state index is 14.2. The Bertz CT molecular complexity index is 3260. The molecule has 0 saturated heterocycles. The Morgan fingerprint density at radius 1 is 0.478 bits per heavy atom. The fourth-order valence-corrected chi connectivity index (χ4v) is 15.1. The molecule has 12 nitrogen and oxygen atoms in total. The Balaban J connectivity index is 0.000000220. The number of hydrogen-bond acceptors (Lipinski definition) is 12. The van der Waals surface area contributed by atoms with Gasteiger partial charge in [-0.25, -0.2) is 25.3 Å². The highest BCUT2D eigenvalue weighted by Crippen LogP contribution is 2.43. The monoisotopic (exact) mass is 1020 g/mol. The van der Waals surface area contributed by atoms with E-state index in [1.807, 2.05) is 97.3 Å². The summed E-state index contributed by atoms with van der Waals surface area (Å²) in [7, 11) is -13.0. The van der Waals surface area contributed by atoms with E-state index in [1.165, 1.54) is 65.2 Å². The van der Waals surface area contributed by atoms with Crippen molar-refractivity contribution in [3.05, 3.63) is 186 Å². The third kappa shape index (κ3) is 11.0. The molecule has 0 aliphatic carbocycles. The largest absolute Gasteiger partial charge is 0.383 e. The van der Waals surface area contributed by atoms with Crippen molar-refractivity contribution in [1.29, 1.82) is 10.8 Å². The fraction of sp³-hybridized carbons (Fsp3) is 0.0417. The van der Waals surface area contributed by atoms with E-state index < -0.39 is 30.1 Å². The average Bonchev–Trinajstić information content (AvgIpc) is 3.97. The minimum absolute atomic E-state index is 0.0769. The zero-order valence-electron chi connectivity index (χ0n) is 35.7. The normalized spacial score (nSPS) is 11.6. The first kappa shape index (κ1) is 48.7. The van der Waals surface area contributed by atoms with Crippen LogP contribution in [0.25, 0.3) is 33.4 Å². The van der Waals surface area contributed by atoms with Crippen LogP contribution in [0.1, 0.15) is 9.75 Å². The summed E-state index contributed by atoms with van der Waals surface area (Å²) in [6.07, 6.45) is 3.56. The van der Waals surface area contributed by atoms with Gasteiger partial charge < -0.3 is 11.5 Å². The van der Waals surface area contributed by atoms with Crippen molar-refractivity contribution >= 4 is 99.3 Å². The number of thioether (sulfide) groups is 2. The Morgan fingerprint density at radius 3 is 1.16 bits per heavy atom. The van der Waals surface area contributed by atoms with Crippen molar-refractivity contribution in [2.75, 3.05) is 20.9 Å². The molecule has 0 unspecified atom stereocenters. The van der Waals surface area contributed by atoms with Gasteiger partial charge in [-0.15, -0.1) is 46.2 Å². The molecule has 0 fully saturated rings. The molecule has 67 heavy (non-hydrogen) atoms. The highest BCUT2D eigenvalue weighted by Gasteiger charge is 2.39. The van der Waals surface area contributed by atoms with E-state index in [9.17, 15) is 25.3 Å². The standard InChI is InChI=1S/C30H25N3O4S4.C18H17N3O2S3/c1-38-30-27(20-28(39-30)29(31)32)33(40(34,35)25-16-12-23(13-17-25)21-8-4-2-5-9-21)41(36,37)26-18-14-24(15-19-26)22-10-6-3-7-11-22;1-24-18-15(11-16(25-18)17(19)20)21-26(22,23)14-9-7-13(8-10-14)12-5-3-2-4-6-12/h2-20H,1H3,(H3,31,32);2-11,21H,1H3,(H3,19,20). The lowest BCUT2D eigenvalue weighted by Crippen LogP contribution is -2.37. The van der Waals surface area contributed by atoms with Gasteiger partial charge in [-0.1, -0.05) is 127 Å². The van der Waals surface area contributed by atoms with Crippen LogP contribution in [0.15, 0.2) is 199 Å². The molecule has 0 amide bonds. The van der Waals surface area contributed by atoms with Gasteiger partial charge >= 0.3 is 0 Å². The number of anilines is 2. The summed E-state index contributed by atoms with van der Waals surface area (Å²) in [4.78, 5) is 0.596. The summed E-state index contributed by atoms with van der Waals surface area (Å²) < 4.78 is 86.4. The molecular weight excluding hydrogens is 981 g/mol. The molecule has 8 rings (SSSR count). The van der Waals surface area contributed by atoms with Gasteiger partial charge in [0.15, 0.2) is 0 Å². The minimum atomic E-state index is -4.64. The maximum atomic E-state index is 14.2. The quantitative estimate of drug-likeness (QED) is 0.0372. The van der Waals surface area contributed by atoms with Crippen LogP contribution in [0.4, 0.5) is 11.4 Å². The molecule has 0 aliphatic heterocycles. The predicted octanol–water partition coefficient (Wildman–Crippen LogP) is 10.9. The smallest absolute Gasteiger partial charge is 0.277 e. The lowest BCUT2D eigenvalue weighted by molar-refractivity contribution is 0.583. The molecule has 0 saturated carbocycles. The molecule has 2 heterocycles. The van der Waals surface area contributed by atoms with E-state index in [-0.39, 0.29) is 36.9 Å². The van der Waals surface area contributed by atoms with Crippen molar-refractivity contribution < 1.29 is 25.3 Å². The van der Waals surface area contributed by atoms with E-state index in [0.717, 1.165) is 48.9 Å². The number of nitrogen functional groups attached to an aromatic ring is 2. The van der Waals surface area contributed by atoms with Gasteiger partial charge in [-0.2, -0.15) is 3.71 Å². The number of hydrogen-bond donors (Lipinski definition) is 5. The predicted molar refractivity (Wildman–Crippen MR) is 278 cm³/mol. The minimum Gasteiger partial charge on any atom is -0.383 e. The Morgan fingerprint density at radius 2 is 0.806 bits per heavy atom. The SMILES string of the molecule is CSc1sc(C(=N)N)cc1N(S(=O)(=O)c1ccc(-c2ccccc2)cc1)S(=O)(=O)c1ccc(-c2ccccc2)cc1.CSc1sc(C(=N)N)cc1NS(=O)(=O)c1ccc(-c2ccccc2)cc1. The fourth-order valence-electron chi connectivity index (χ4n) is 6.64. The maximum Gasteiger partial charge on any atom is 0.277 e. The number of nitrogens with two attached hydrogens (primary N) is 2. The molecule has 0 bridgehead atoms. The van der Waals surface area contributed by atoms with Gasteiger partial charge in [0.1, 0.15) is 11.7 Å². The first-order chi connectivity index (χ1) is 32.0. The van der Waals surface area contributed by atoms with Crippen LogP contribution in [-0.2, 0) is 30.1 Å². The zero-order valence-corrected chi connectivity index (χ0v) is 41.4. The summed E-state index contributed by atoms with van der Waals surface area (Å²) in [6, 6.07) is 50.5. The third-order valence-corrected chi connectivity index (χ3v) is 20.1. The highest BCUT2D eigenvalue weighted by atomic mass is 32.3. The van der Waals surface area contributed by atoms with Crippen LogP contribution in [0.5, 0.6) is 0 Å². The second-order valence-electron chi connectivity index (χ2n) is 14.3. The van der Waals surface area contributed by atoms with Gasteiger partial charge in [0.25, 0.3) is 30.1 Å². The topological polar surface area (TPSA) is 217 Å². The number of amidine groups is 2. The Kier molecular flexibility index (Phi) is 15.1. The van der Waals surface area contributed by atoms with Gasteiger partial charge in [0.2, 0.25) is 0 Å². The second kappa shape index (κ2) is 20.8. The molecule has 0 radical (unpaired) electrons. The molecule has 19 heteroatoms. The van der Waals surface area contributed by atoms with Crippen molar-refractivity contribution in [2.45, 2.75) is 23.1 Å². The van der Waals surface area contributed by atoms with Crippen LogP contribution >= 0.6 is 46.2 Å². The van der Waals surface area contributed by atoms with Gasteiger partial charge in [0, 0.05) is 0 Å². The van der Waals surface area contributed by atoms with E-state index in [2.05, 4.69) is 4.72 Å². The Hall–Kier alpha value is -6.19. The number of sulfonamides is 3. The van der Waals surface area contributed by atoms with Gasteiger partial charge in [-0.3, -0.25) is 15.5 Å². The summed E-state index contributed by atoms with van der Waals surface area (Å²) in [5.41, 5.74) is 16.9. The van der Waals surface area contributed by atoms with E-state index in [4.69, 9.17) is 22.3 Å². The van der Waals surface area contributed by atoms with E-state index in [0.29, 0.717) is 18.5 Å². The lowest BCUT2D eigenvalue weighted by Gasteiger charge is -2.24. The molecule has 6 aromatic carbocycles. The first-order valence-corrected chi connectivity index (χ1v) is 28.3. The highest BCUT2D eigenvalue weighted by molar-refractivity contribution is 8.10. The number of rotatable bonds is 15. The molecule has 8 aromatic rings. The van der Waals surface area contributed by atoms with Crippen molar-refractivity contribution in [1.82, 2.24) is 0 Å². The number of benzene rings is 6. The molecule has 0 atom stereocenters. The van der Waals surface area contributed by atoms with Crippen molar-refractivity contribution in [3.63, 3.8) is 0 Å². The van der Waals surface area contributed by atoms with Gasteiger partial charge in [0.05, 0.1) is 44.2 Å². The second-order valence-corrected chi connectivity index (χ2v) is 24.1. The summed E-state index contributed by atoms with van der Waals surface area (Å²) in [6.45, 7) is 0. The molecule has 2 aromatic heterocycles. The van der Waals surface area contributed by atoms with Crippen LogP contribution in [-0.4, -0.2) is 49.4 Å². The van der Waals surface area contributed by atoms with E-state index >= 15 is 0 Å².